The molecule has 4 heteroatoms. The van der Waals surface area contributed by atoms with Crippen LogP contribution in [-0.2, 0) is 14.3 Å². The molecule has 0 heterocycles. The Labute approximate surface area is 71.6 Å². The number of amides is 1. The molecule has 0 spiro atoms. The Morgan fingerprint density at radius 2 is 2.08 bits per heavy atom. The van der Waals surface area contributed by atoms with Gasteiger partial charge >= 0.3 is 5.97 Å². The predicted octanol–water partition coefficient (Wildman–Crippen LogP) is 0.242. The topological polar surface area (TPSA) is 55.4 Å². The third-order valence-electron chi connectivity index (χ3n) is 1.12. The van der Waals surface area contributed by atoms with Crippen molar-refractivity contribution in [3.8, 4) is 0 Å². The number of rotatable bonds is 4. The van der Waals surface area contributed by atoms with Crippen molar-refractivity contribution in [1.29, 1.82) is 0 Å². The van der Waals surface area contributed by atoms with E-state index in [4.69, 9.17) is 0 Å². The number of hydrogen-bond acceptors (Lipinski definition) is 3. The normalized spacial score (nSPS) is 9.83. The van der Waals surface area contributed by atoms with Crippen LogP contribution in [0, 0.1) is 0 Å². The van der Waals surface area contributed by atoms with Crippen LogP contribution in [0.1, 0.15) is 13.3 Å². The van der Waals surface area contributed by atoms with Crippen molar-refractivity contribution in [3.05, 3.63) is 12.2 Å². The summed E-state index contributed by atoms with van der Waals surface area (Å²) < 4.78 is 4.30. The van der Waals surface area contributed by atoms with Crippen molar-refractivity contribution in [1.82, 2.24) is 5.32 Å². The predicted molar refractivity (Wildman–Crippen MR) is 44.5 cm³/mol. The van der Waals surface area contributed by atoms with E-state index in [9.17, 15) is 9.59 Å². The fourth-order valence-corrected chi connectivity index (χ4v) is 0.519. The molecule has 0 rings (SSSR count). The van der Waals surface area contributed by atoms with Gasteiger partial charge < -0.3 is 10.1 Å². The Morgan fingerprint density at radius 3 is 2.58 bits per heavy atom. The van der Waals surface area contributed by atoms with Crippen LogP contribution in [-0.4, -0.2) is 25.5 Å². The minimum Gasteiger partial charge on any atom is -0.466 e. The van der Waals surface area contributed by atoms with Gasteiger partial charge in [0.05, 0.1) is 7.11 Å². The molecule has 12 heavy (non-hydrogen) atoms. The summed E-state index contributed by atoms with van der Waals surface area (Å²) in [6.45, 7) is 2.56. The Kier molecular flexibility index (Phi) is 5.69. The van der Waals surface area contributed by atoms with Crippen molar-refractivity contribution >= 4 is 11.9 Å². The summed E-state index contributed by atoms with van der Waals surface area (Å²) in [7, 11) is 1.26. The van der Waals surface area contributed by atoms with E-state index in [1.165, 1.54) is 7.11 Å². The third kappa shape index (κ3) is 5.46. The first-order valence-electron chi connectivity index (χ1n) is 3.74. The number of methoxy groups -OCH3 is 1. The van der Waals surface area contributed by atoms with E-state index < -0.39 is 5.97 Å². The average molecular weight is 171 g/mol. The second kappa shape index (κ2) is 6.39. The van der Waals surface area contributed by atoms with E-state index in [2.05, 4.69) is 10.1 Å². The van der Waals surface area contributed by atoms with Crippen LogP contribution in [0.4, 0.5) is 0 Å². The summed E-state index contributed by atoms with van der Waals surface area (Å²) in [4.78, 5) is 21.3. The largest absolute Gasteiger partial charge is 0.466 e. The molecule has 0 aliphatic heterocycles. The van der Waals surface area contributed by atoms with E-state index in [1.807, 2.05) is 6.92 Å². The van der Waals surface area contributed by atoms with Gasteiger partial charge in [-0.3, -0.25) is 4.79 Å². The highest BCUT2D eigenvalue weighted by molar-refractivity contribution is 5.94. The maximum absolute atomic E-state index is 10.8. The fraction of sp³-hybridized carbons (Fsp3) is 0.500. The molecule has 0 aromatic heterocycles. The zero-order valence-electron chi connectivity index (χ0n) is 7.29. The molecule has 0 aliphatic carbocycles. The molecule has 0 bridgehead atoms. The van der Waals surface area contributed by atoms with Gasteiger partial charge in [-0.05, 0) is 6.42 Å². The highest BCUT2D eigenvalue weighted by Crippen LogP contribution is 1.79. The van der Waals surface area contributed by atoms with Crippen LogP contribution in [0.3, 0.4) is 0 Å². The van der Waals surface area contributed by atoms with E-state index in [0.29, 0.717) is 6.54 Å². The Bertz CT molecular complexity index is 187. The first-order chi connectivity index (χ1) is 5.70. The van der Waals surface area contributed by atoms with Crippen LogP contribution in [0.15, 0.2) is 12.2 Å². The average Bonchev–Trinajstić information content (AvgIpc) is 2.10. The molecule has 1 amide bonds. The van der Waals surface area contributed by atoms with Gasteiger partial charge in [0.15, 0.2) is 0 Å². The number of nitrogens with one attached hydrogen (secondary N) is 1. The quantitative estimate of drug-likeness (QED) is 0.487. The molecule has 0 atom stereocenters. The number of carbonyl (C=O) groups excluding carboxylic acids is 2. The van der Waals surface area contributed by atoms with E-state index >= 15 is 0 Å². The smallest absolute Gasteiger partial charge is 0.330 e. The molecule has 0 saturated heterocycles. The summed E-state index contributed by atoms with van der Waals surface area (Å²) >= 11 is 0. The standard InChI is InChI=1S/C8H13NO3/c1-3-6-9-7(10)4-5-8(11)12-2/h4-5H,3,6H2,1-2H3,(H,9,10)/b5-4-. The lowest BCUT2D eigenvalue weighted by Gasteiger charge is -1.96. The Hall–Kier alpha value is -1.32. The first-order valence-corrected chi connectivity index (χ1v) is 3.74. The fourth-order valence-electron chi connectivity index (χ4n) is 0.519. The van der Waals surface area contributed by atoms with Crippen LogP contribution in [0.2, 0.25) is 0 Å². The Morgan fingerprint density at radius 1 is 1.42 bits per heavy atom. The molecule has 68 valence electrons. The van der Waals surface area contributed by atoms with Gasteiger partial charge in [0.1, 0.15) is 0 Å². The van der Waals surface area contributed by atoms with Crippen molar-refractivity contribution in [2.75, 3.05) is 13.7 Å². The molecular weight excluding hydrogens is 158 g/mol. The second-order valence-corrected chi connectivity index (χ2v) is 2.15. The maximum atomic E-state index is 10.8. The summed E-state index contributed by atoms with van der Waals surface area (Å²) in [6.07, 6.45) is 3.12. The Balaban J connectivity index is 3.67. The molecule has 0 radical (unpaired) electrons. The zero-order valence-corrected chi connectivity index (χ0v) is 7.29. The number of hydrogen-bond donors (Lipinski definition) is 1. The van der Waals surface area contributed by atoms with Crippen molar-refractivity contribution in [3.63, 3.8) is 0 Å². The van der Waals surface area contributed by atoms with Crippen LogP contribution < -0.4 is 5.32 Å². The SMILES string of the molecule is CCCNC(=O)/C=C\C(=O)OC. The highest BCUT2D eigenvalue weighted by Gasteiger charge is 1.95. The summed E-state index contributed by atoms with van der Waals surface area (Å²) in [5, 5.41) is 2.58. The van der Waals surface area contributed by atoms with Crippen LogP contribution >= 0.6 is 0 Å². The first kappa shape index (κ1) is 10.7. The summed E-state index contributed by atoms with van der Waals surface area (Å²) in [5.74, 6) is -0.802. The van der Waals surface area contributed by atoms with Gasteiger partial charge in [0, 0.05) is 18.7 Å². The number of ether oxygens (including phenoxy) is 1. The monoisotopic (exact) mass is 171 g/mol. The third-order valence-corrected chi connectivity index (χ3v) is 1.12. The minimum absolute atomic E-state index is 0.276. The minimum atomic E-state index is -0.526. The molecule has 0 aliphatic rings. The van der Waals surface area contributed by atoms with Crippen LogP contribution in [0.5, 0.6) is 0 Å². The van der Waals surface area contributed by atoms with Gasteiger partial charge in [-0.1, -0.05) is 6.92 Å². The molecule has 0 aromatic carbocycles. The molecule has 0 saturated carbocycles. The molecule has 4 nitrogen and oxygen atoms in total. The summed E-state index contributed by atoms with van der Waals surface area (Å²) in [5.41, 5.74) is 0. The molecule has 0 aromatic rings. The molecule has 0 fully saturated rings. The van der Waals surface area contributed by atoms with Gasteiger partial charge in [0.25, 0.3) is 0 Å². The lowest BCUT2D eigenvalue weighted by molar-refractivity contribution is -0.135. The number of esters is 1. The number of carbonyl (C=O) groups is 2. The van der Waals surface area contributed by atoms with Gasteiger partial charge in [-0.2, -0.15) is 0 Å². The van der Waals surface area contributed by atoms with Gasteiger partial charge in [-0.25, -0.2) is 4.79 Å². The van der Waals surface area contributed by atoms with Gasteiger partial charge in [0.2, 0.25) is 5.91 Å². The zero-order chi connectivity index (χ0) is 9.40. The lowest BCUT2D eigenvalue weighted by Crippen LogP contribution is -2.21. The summed E-state index contributed by atoms with van der Waals surface area (Å²) in [6, 6.07) is 0. The molecule has 1 N–H and O–H groups in total. The highest BCUT2D eigenvalue weighted by atomic mass is 16.5. The van der Waals surface area contributed by atoms with E-state index in [0.717, 1.165) is 18.6 Å². The lowest BCUT2D eigenvalue weighted by atomic mass is 10.4. The van der Waals surface area contributed by atoms with Gasteiger partial charge in [-0.15, -0.1) is 0 Å². The van der Waals surface area contributed by atoms with Crippen molar-refractivity contribution in [2.24, 2.45) is 0 Å². The van der Waals surface area contributed by atoms with E-state index in [1.54, 1.807) is 0 Å². The molecular formula is C8H13NO3. The molecule has 0 unspecified atom stereocenters. The van der Waals surface area contributed by atoms with Crippen molar-refractivity contribution in [2.45, 2.75) is 13.3 Å². The van der Waals surface area contributed by atoms with Crippen molar-refractivity contribution < 1.29 is 14.3 Å². The van der Waals surface area contributed by atoms with E-state index in [-0.39, 0.29) is 5.91 Å². The maximum Gasteiger partial charge on any atom is 0.330 e. The second-order valence-electron chi connectivity index (χ2n) is 2.15. The van der Waals surface area contributed by atoms with Crippen LogP contribution in [0.25, 0.3) is 0 Å².